The van der Waals surface area contributed by atoms with Crippen molar-refractivity contribution < 1.29 is 0 Å². The van der Waals surface area contributed by atoms with Crippen LogP contribution in [0.5, 0.6) is 0 Å². The summed E-state index contributed by atoms with van der Waals surface area (Å²) in [6, 6.07) is 9.32. The van der Waals surface area contributed by atoms with E-state index < -0.39 is 0 Å². The predicted octanol–water partition coefficient (Wildman–Crippen LogP) is 5.33. The third kappa shape index (κ3) is 6.50. The average Bonchev–Trinajstić information content (AvgIpc) is 2.22. The molecule has 0 aliphatic carbocycles. The van der Waals surface area contributed by atoms with E-state index >= 15 is 0 Å². The van der Waals surface area contributed by atoms with Crippen molar-refractivity contribution >= 4 is 35.4 Å². The van der Waals surface area contributed by atoms with E-state index in [4.69, 9.17) is 0 Å². The Kier molecular flexibility index (Phi) is 6.26. The summed E-state index contributed by atoms with van der Waals surface area (Å²) in [5.41, 5.74) is 3.64. The molecule has 114 valence electrons. The van der Waals surface area contributed by atoms with Crippen molar-refractivity contribution in [2.24, 2.45) is 10.8 Å². The fourth-order valence-electron chi connectivity index (χ4n) is 4.22. The predicted molar refractivity (Wildman–Crippen MR) is 101 cm³/mol. The van der Waals surface area contributed by atoms with Gasteiger partial charge in [0.1, 0.15) is 0 Å². The number of benzene rings is 1. The second-order valence-electron chi connectivity index (χ2n) is 10.8. The Bertz CT molecular complexity index is 456. The molecule has 0 aromatic heterocycles. The van der Waals surface area contributed by atoms with E-state index in [9.17, 15) is 0 Å². The van der Waals surface area contributed by atoms with Gasteiger partial charge >= 0.3 is 158 Å². The maximum absolute atomic E-state index is 2.46. The van der Waals surface area contributed by atoms with Crippen LogP contribution in [0.15, 0.2) is 24.3 Å². The van der Waals surface area contributed by atoms with Crippen LogP contribution in [-0.2, 0) is 8.18 Å². The first-order valence-electron chi connectivity index (χ1n) is 8.74. The molecule has 22 heavy (non-hydrogen) atoms. The first-order valence-corrected chi connectivity index (χ1v) is 8.74. The Labute approximate surface area is 157 Å². The first kappa shape index (κ1) is 20.5. The molecule has 0 aliphatic rings. The Balaban J connectivity index is 3.14. The molecule has 0 nitrogen and oxygen atoms in total. The zero-order valence-electron chi connectivity index (χ0n) is 16.7. The molecule has 1 aromatic carbocycles. The van der Waals surface area contributed by atoms with Crippen molar-refractivity contribution in [2.45, 2.75) is 76.4 Å². The summed E-state index contributed by atoms with van der Waals surface area (Å²) in [4.78, 5) is 0. The number of hydrogen-bond donors (Lipinski definition) is 0. The molecule has 2 unspecified atom stereocenters. The molecule has 0 heterocycles. The van der Waals surface area contributed by atoms with Crippen LogP contribution in [0.1, 0.15) is 79.4 Å². The maximum atomic E-state index is 2.46. The van der Waals surface area contributed by atoms with Crippen LogP contribution in [0.3, 0.4) is 0 Å². The normalized spacial score (nSPS) is 18.7. The van der Waals surface area contributed by atoms with Gasteiger partial charge in [-0.1, -0.05) is 0 Å². The molecule has 0 saturated carbocycles. The van der Waals surface area contributed by atoms with Crippen molar-refractivity contribution in [2.75, 3.05) is 0 Å². The van der Waals surface area contributed by atoms with Crippen LogP contribution in [0, 0.1) is 10.8 Å². The Morgan fingerprint density at radius 2 is 1.00 bits per heavy atom. The monoisotopic (exact) mass is 286 g/mol. The van der Waals surface area contributed by atoms with Crippen LogP contribution < -0.4 is 0 Å². The molecule has 1 rings (SSSR count). The van der Waals surface area contributed by atoms with E-state index in [2.05, 4.69) is 115 Å². The molecule has 0 bridgehead atoms. The third-order valence-corrected chi connectivity index (χ3v) is 4.37. The summed E-state index contributed by atoms with van der Waals surface area (Å²) in [5, 5.41) is 0. The van der Waals surface area contributed by atoms with Crippen molar-refractivity contribution in [3.05, 3.63) is 35.4 Å². The Morgan fingerprint density at radius 1 is 0.682 bits per heavy atom. The average molecular weight is 286 g/mol. The SMILES string of the molecule is [Li][C](C)(CC(C)(C)C)c1cccc([C]([Li])(C)CC(C)(C)C)c1. The standard InChI is InChI=1S/C20H32.2Li/c1-15(13-19(3,4)5)17-10-9-11-18(12-17)16(2)14-20(6,7)8;;/h9-12H,13-14H2,1-8H3;;. The number of rotatable bonds is 4. The fourth-order valence-corrected chi connectivity index (χ4v) is 4.22. The molecule has 0 aliphatic heterocycles. The van der Waals surface area contributed by atoms with Crippen LogP contribution in [0.25, 0.3) is 0 Å². The molecular formula is C20H32Li2. The van der Waals surface area contributed by atoms with E-state index in [0.29, 0.717) is 10.8 Å². The molecule has 0 amide bonds. The summed E-state index contributed by atoms with van der Waals surface area (Å²) in [5.74, 6) is 0. The molecule has 0 spiro atoms. The quantitative estimate of drug-likeness (QED) is 0.657. The van der Waals surface area contributed by atoms with Gasteiger partial charge in [-0.2, -0.15) is 0 Å². The Hall–Kier alpha value is 0.415. The summed E-state index contributed by atoms with van der Waals surface area (Å²) in [6.07, 6.45) is 2.40. The minimum atomic E-state index is 0.214. The van der Waals surface area contributed by atoms with E-state index in [-0.39, 0.29) is 8.18 Å². The van der Waals surface area contributed by atoms with Crippen LogP contribution in [0.4, 0.5) is 0 Å². The van der Waals surface area contributed by atoms with Crippen molar-refractivity contribution in [3.63, 3.8) is 0 Å². The van der Waals surface area contributed by atoms with Gasteiger partial charge in [-0.25, -0.2) is 0 Å². The molecule has 0 saturated heterocycles. The van der Waals surface area contributed by atoms with E-state index in [0.717, 1.165) is 0 Å². The van der Waals surface area contributed by atoms with Gasteiger partial charge in [-0.05, 0) is 0 Å². The number of hydrogen-bond acceptors (Lipinski definition) is 0. The van der Waals surface area contributed by atoms with Gasteiger partial charge in [-0.15, -0.1) is 0 Å². The summed E-state index contributed by atoms with van der Waals surface area (Å²) < 4.78 is 0.429. The molecule has 1 aromatic rings. The van der Waals surface area contributed by atoms with E-state index in [1.54, 1.807) is 0 Å². The van der Waals surface area contributed by atoms with Gasteiger partial charge in [0, 0.05) is 0 Å². The first-order chi connectivity index (χ1) is 9.62. The molecule has 2 atom stereocenters. The van der Waals surface area contributed by atoms with Crippen LogP contribution in [-0.4, -0.2) is 35.4 Å². The van der Waals surface area contributed by atoms with E-state index in [1.807, 2.05) is 0 Å². The van der Waals surface area contributed by atoms with Crippen molar-refractivity contribution in [3.8, 4) is 0 Å². The van der Waals surface area contributed by atoms with Gasteiger partial charge in [-0.3, -0.25) is 0 Å². The summed E-state index contributed by atoms with van der Waals surface area (Å²) in [7, 11) is 0. The molecule has 0 radical (unpaired) electrons. The molecule has 0 fully saturated rings. The molecule has 0 N–H and O–H groups in total. The second kappa shape index (κ2) is 6.73. The van der Waals surface area contributed by atoms with Gasteiger partial charge in [0.25, 0.3) is 0 Å². The molecular weight excluding hydrogens is 254 g/mol. The topological polar surface area (TPSA) is 0 Å². The van der Waals surface area contributed by atoms with E-state index in [1.165, 1.54) is 24.0 Å². The second-order valence-corrected chi connectivity index (χ2v) is 10.8. The zero-order valence-corrected chi connectivity index (χ0v) is 16.7. The van der Waals surface area contributed by atoms with Crippen LogP contribution >= 0.6 is 0 Å². The minimum absolute atomic E-state index is 0.214. The third-order valence-electron chi connectivity index (χ3n) is 4.37. The van der Waals surface area contributed by atoms with Gasteiger partial charge < -0.3 is 0 Å². The summed E-state index contributed by atoms with van der Waals surface area (Å²) in [6.45, 7) is 18.8. The van der Waals surface area contributed by atoms with Crippen molar-refractivity contribution in [1.29, 1.82) is 0 Å². The zero-order chi connectivity index (χ0) is 17.4. The van der Waals surface area contributed by atoms with Gasteiger partial charge in [0.15, 0.2) is 0 Å². The van der Waals surface area contributed by atoms with Gasteiger partial charge in [0.05, 0.1) is 0 Å². The summed E-state index contributed by atoms with van der Waals surface area (Å²) >= 11 is 4.77. The Morgan fingerprint density at radius 3 is 1.27 bits per heavy atom. The van der Waals surface area contributed by atoms with Crippen LogP contribution in [0.2, 0.25) is 0 Å². The van der Waals surface area contributed by atoms with Crippen molar-refractivity contribution in [1.82, 2.24) is 0 Å². The van der Waals surface area contributed by atoms with Gasteiger partial charge in [0.2, 0.25) is 0 Å². The fraction of sp³-hybridized carbons (Fsp3) is 0.700. The molecule has 2 heteroatoms.